The fraction of sp³-hybridized carbons (Fsp3) is 0.462. The van der Waals surface area contributed by atoms with E-state index in [9.17, 15) is 9.59 Å². The van der Waals surface area contributed by atoms with Gasteiger partial charge < -0.3 is 14.0 Å². The molecule has 0 saturated heterocycles. The lowest BCUT2D eigenvalue weighted by Crippen LogP contribution is -2.37. The van der Waals surface area contributed by atoms with Crippen LogP contribution >= 0.6 is 0 Å². The lowest BCUT2D eigenvalue weighted by Gasteiger charge is -2.05. The molecule has 3 heterocycles. The van der Waals surface area contributed by atoms with E-state index < -0.39 is 11.2 Å². The number of rotatable bonds is 4. The second kappa shape index (κ2) is 5.47. The van der Waals surface area contributed by atoms with Crippen LogP contribution in [0.5, 0.6) is 0 Å². The molecule has 0 fully saturated rings. The summed E-state index contributed by atoms with van der Waals surface area (Å²) in [6.07, 6.45) is 1.49. The molecule has 23 heavy (non-hydrogen) atoms. The molecular formula is C13H17N7O3. The van der Waals surface area contributed by atoms with Gasteiger partial charge in [-0.15, -0.1) is 0 Å². The normalized spacial score (nSPS) is 11.7. The molecule has 0 aliphatic heterocycles. The van der Waals surface area contributed by atoms with Gasteiger partial charge in [-0.25, -0.2) is 9.78 Å². The first-order chi connectivity index (χ1) is 10.9. The van der Waals surface area contributed by atoms with Gasteiger partial charge >= 0.3 is 5.69 Å². The standard InChI is InChI=1S/C13H17N7O3/c1-17(2)6-9-15-8(16-23-9)5-20-7-14-11-10(20)12(21)19(4)13(22)18(11)3/h7H,5-6H2,1-4H3. The van der Waals surface area contributed by atoms with Crippen molar-refractivity contribution in [2.24, 2.45) is 14.1 Å². The fourth-order valence-electron chi connectivity index (χ4n) is 2.36. The molecule has 0 aliphatic carbocycles. The molecule has 3 aromatic rings. The molecular weight excluding hydrogens is 302 g/mol. The van der Waals surface area contributed by atoms with Gasteiger partial charge in [0.05, 0.1) is 19.4 Å². The second-order valence-electron chi connectivity index (χ2n) is 5.59. The van der Waals surface area contributed by atoms with Gasteiger partial charge in [0.15, 0.2) is 17.0 Å². The zero-order valence-electron chi connectivity index (χ0n) is 13.3. The molecule has 0 amide bonds. The van der Waals surface area contributed by atoms with Crippen molar-refractivity contribution >= 4 is 11.2 Å². The molecule has 0 unspecified atom stereocenters. The summed E-state index contributed by atoms with van der Waals surface area (Å²) in [7, 11) is 6.81. The Kier molecular flexibility index (Phi) is 3.60. The molecule has 0 bridgehead atoms. The number of hydrogen-bond acceptors (Lipinski definition) is 7. The maximum absolute atomic E-state index is 12.3. The Hall–Kier alpha value is -2.75. The average Bonchev–Trinajstić information content (AvgIpc) is 3.10. The minimum absolute atomic E-state index is 0.237. The highest BCUT2D eigenvalue weighted by molar-refractivity contribution is 5.70. The van der Waals surface area contributed by atoms with Crippen LogP contribution in [-0.4, -0.2) is 47.8 Å². The van der Waals surface area contributed by atoms with Gasteiger partial charge in [-0.1, -0.05) is 5.16 Å². The van der Waals surface area contributed by atoms with E-state index in [0.29, 0.717) is 29.4 Å². The topological polar surface area (TPSA) is 104 Å². The van der Waals surface area contributed by atoms with Crippen molar-refractivity contribution in [2.75, 3.05) is 14.1 Å². The summed E-state index contributed by atoms with van der Waals surface area (Å²) in [6.45, 7) is 0.773. The minimum atomic E-state index is -0.416. The molecule has 0 saturated carbocycles. The smallest absolute Gasteiger partial charge is 0.332 e. The molecule has 3 rings (SSSR count). The van der Waals surface area contributed by atoms with E-state index in [4.69, 9.17) is 4.52 Å². The highest BCUT2D eigenvalue weighted by Crippen LogP contribution is 2.08. The van der Waals surface area contributed by atoms with Crippen LogP contribution in [0.1, 0.15) is 11.7 Å². The lowest BCUT2D eigenvalue weighted by molar-refractivity contribution is 0.301. The van der Waals surface area contributed by atoms with Crippen molar-refractivity contribution in [2.45, 2.75) is 13.1 Å². The van der Waals surface area contributed by atoms with E-state index in [1.54, 1.807) is 11.6 Å². The summed E-state index contributed by atoms with van der Waals surface area (Å²) in [5.41, 5.74) is -0.165. The van der Waals surface area contributed by atoms with Gasteiger partial charge in [-0.05, 0) is 14.1 Å². The molecule has 0 N–H and O–H groups in total. The summed E-state index contributed by atoms with van der Waals surface area (Å²) < 4.78 is 9.15. The van der Waals surface area contributed by atoms with Crippen molar-refractivity contribution in [1.82, 2.24) is 33.7 Å². The first kappa shape index (κ1) is 15.2. The molecule has 122 valence electrons. The number of fused-ring (bicyclic) bond motifs is 1. The summed E-state index contributed by atoms with van der Waals surface area (Å²) in [5, 5.41) is 3.90. The Labute approximate surface area is 130 Å². The first-order valence-electron chi connectivity index (χ1n) is 6.95. The Balaban J connectivity index is 2.03. The van der Waals surface area contributed by atoms with E-state index in [1.807, 2.05) is 19.0 Å². The van der Waals surface area contributed by atoms with E-state index in [2.05, 4.69) is 15.1 Å². The van der Waals surface area contributed by atoms with Gasteiger partial charge in [0, 0.05) is 14.1 Å². The number of aryl methyl sites for hydroxylation is 1. The van der Waals surface area contributed by atoms with Crippen molar-refractivity contribution in [1.29, 1.82) is 0 Å². The van der Waals surface area contributed by atoms with E-state index in [0.717, 1.165) is 4.57 Å². The highest BCUT2D eigenvalue weighted by atomic mass is 16.5. The SMILES string of the molecule is CN(C)Cc1nc(Cn2cnc3c2c(=O)n(C)c(=O)n3C)no1. The maximum atomic E-state index is 12.3. The predicted molar refractivity (Wildman–Crippen MR) is 81.0 cm³/mol. The molecule has 3 aromatic heterocycles. The maximum Gasteiger partial charge on any atom is 0.332 e. The summed E-state index contributed by atoms with van der Waals surface area (Å²) >= 11 is 0. The average molecular weight is 319 g/mol. The minimum Gasteiger partial charge on any atom is -0.338 e. The van der Waals surface area contributed by atoms with Crippen LogP contribution < -0.4 is 11.2 Å². The molecule has 0 spiro atoms. The van der Waals surface area contributed by atoms with Crippen LogP contribution in [0.15, 0.2) is 20.4 Å². The molecule has 0 aromatic carbocycles. The van der Waals surface area contributed by atoms with E-state index in [-0.39, 0.29) is 6.54 Å². The Morgan fingerprint density at radius 3 is 2.65 bits per heavy atom. The molecule has 10 heteroatoms. The van der Waals surface area contributed by atoms with E-state index >= 15 is 0 Å². The predicted octanol–water partition coefficient (Wildman–Crippen LogP) is -1.07. The number of hydrogen-bond donors (Lipinski definition) is 0. The third-order valence-electron chi connectivity index (χ3n) is 3.49. The van der Waals surface area contributed by atoms with Crippen molar-refractivity contribution in [3.8, 4) is 0 Å². The lowest BCUT2D eigenvalue weighted by atomic mass is 10.4. The van der Waals surface area contributed by atoms with E-state index in [1.165, 1.54) is 17.9 Å². The van der Waals surface area contributed by atoms with Gasteiger partial charge in [-0.3, -0.25) is 13.9 Å². The monoisotopic (exact) mass is 319 g/mol. The molecule has 0 radical (unpaired) electrons. The summed E-state index contributed by atoms with van der Waals surface area (Å²) in [6, 6.07) is 0. The Bertz CT molecular complexity index is 976. The van der Waals surface area contributed by atoms with Crippen molar-refractivity contribution in [3.05, 3.63) is 38.9 Å². The number of imidazole rings is 1. The van der Waals surface area contributed by atoms with Gasteiger partial charge in [-0.2, -0.15) is 4.98 Å². The van der Waals surface area contributed by atoms with Crippen LogP contribution in [0, 0.1) is 0 Å². The molecule has 10 nitrogen and oxygen atoms in total. The third kappa shape index (κ3) is 2.57. The Morgan fingerprint density at radius 2 is 1.96 bits per heavy atom. The van der Waals surface area contributed by atoms with Crippen LogP contribution in [-0.2, 0) is 27.2 Å². The van der Waals surface area contributed by atoms with Gasteiger partial charge in [0.1, 0.15) is 0 Å². The quantitative estimate of drug-likeness (QED) is 0.603. The van der Waals surface area contributed by atoms with Crippen LogP contribution in [0.3, 0.4) is 0 Å². The Morgan fingerprint density at radius 1 is 1.22 bits per heavy atom. The zero-order valence-corrected chi connectivity index (χ0v) is 13.3. The number of aromatic nitrogens is 6. The fourth-order valence-corrected chi connectivity index (χ4v) is 2.36. The molecule has 0 atom stereocenters. The molecule has 0 aliphatic rings. The van der Waals surface area contributed by atoms with Crippen molar-refractivity contribution in [3.63, 3.8) is 0 Å². The van der Waals surface area contributed by atoms with Crippen LogP contribution in [0.25, 0.3) is 11.2 Å². The summed E-state index contributed by atoms with van der Waals surface area (Å²) in [5.74, 6) is 0.937. The van der Waals surface area contributed by atoms with Gasteiger partial charge in [0.25, 0.3) is 5.56 Å². The van der Waals surface area contributed by atoms with Crippen molar-refractivity contribution < 1.29 is 4.52 Å². The largest absolute Gasteiger partial charge is 0.338 e. The third-order valence-corrected chi connectivity index (χ3v) is 3.49. The zero-order chi connectivity index (χ0) is 16.7. The summed E-state index contributed by atoms with van der Waals surface area (Å²) in [4.78, 5) is 34.6. The number of nitrogens with zero attached hydrogens (tertiary/aromatic N) is 7. The highest BCUT2D eigenvalue weighted by Gasteiger charge is 2.16. The van der Waals surface area contributed by atoms with Crippen LogP contribution in [0.4, 0.5) is 0 Å². The van der Waals surface area contributed by atoms with Gasteiger partial charge in [0.2, 0.25) is 5.89 Å². The first-order valence-corrected chi connectivity index (χ1v) is 6.95. The second-order valence-corrected chi connectivity index (χ2v) is 5.59. The van der Waals surface area contributed by atoms with Crippen LogP contribution in [0.2, 0.25) is 0 Å².